The monoisotopic (exact) mass is 427 g/mol. The third kappa shape index (κ3) is 4.33. The summed E-state index contributed by atoms with van der Waals surface area (Å²) in [6.45, 7) is 3.53. The minimum absolute atomic E-state index is 0.300. The van der Waals surface area contributed by atoms with Crippen molar-refractivity contribution in [1.82, 2.24) is 14.3 Å². The lowest BCUT2D eigenvalue weighted by Gasteiger charge is -2.35. The lowest BCUT2D eigenvalue weighted by atomic mass is 10.2. The van der Waals surface area contributed by atoms with Crippen LogP contribution in [0.25, 0.3) is 0 Å². The van der Waals surface area contributed by atoms with E-state index in [0.717, 1.165) is 5.56 Å². The lowest BCUT2D eigenvalue weighted by Crippen LogP contribution is -2.51. The van der Waals surface area contributed by atoms with E-state index < -0.39 is 10.4 Å². The number of hydrogen-bond donors (Lipinski definition) is 1. The summed E-state index contributed by atoms with van der Waals surface area (Å²) >= 11 is 0. The molecule has 1 saturated heterocycles. The summed E-state index contributed by atoms with van der Waals surface area (Å²) in [5.41, 5.74) is 1.34. The fourth-order valence-electron chi connectivity index (χ4n) is 3.26. The van der Waals surface area contributed by atoms with Gasteiger partial charge in [0.2, 0.25) is 5.95 Å². The Kier molecular flexibility index (Phi) is 5.76. The number of hydrogen-bond acceptors (Lipinski definition) is 6. The summed E-state index contributed by atoms with van der Waals surface area (Å²) < 4.78 is 41.1. The summed E-state index contributed by atoms with van der Waals surface area (Å²) in [5.74, 6) is 0.580. The van der Waals surface area contributed by atoms with Crippen molar-refractivity contribution in [3.63, 3.8) is 0 Å². The normalized spacial score (nSPS) is 16.8. The van der Waals surface area contributed by atoms with E-state index in [9.17, 15) is 13.2 Å². The second-order valence-electron chi connectivity index (χ2n) is 7.05. The van der Waals surface area contributed by atoms with Gasteiger partial charge in [0.05, 0.1) is 18.8 Å². The zero-order valence-corrected chi connectivity index (χ0v) is 17.3. The molecule has 0 amide bonds. The molecular formula is C21H22FN5O2S. The van der Waals surface area contributed by atoms with Gasteiger partial charge in [0, 0.05) is 19.3 Å². The van der Waals surface area contributed by atoms with Gasteiger partial charge in [-0.1, -0.05) is 34.0 Å². The highest BCUT2D eigenvalue weighted by atomic mass is 32.3. The summed E-state index contributed by atoms with van der Waals surface area (Å²) in [5, 5.41) is 2.95. The van der Waals surface area contributed by atoms with Crippen LogP contribution in [0.15, 0.2) is 65.7 Å². The molecule has 1 unspecified atom stereocenters. The molecule has 0 aliphatic carbocycles. The maximum absolute atomic E-state index is 13.9. The van der Waals surface area contributed by atoms with Crippen LogP contribution in [-0.4, -0.2) is 45.0 Å². The largest absolute Gasteiger partial charge is 0.593 e. The number of sulfonamides is 1. The molecule has 3 aromatic rings. The van der Waals surface area contributed by atoms with Crippen LogP contribution >= 0.6 is 0 Å². The van der Waals surface area contributed by atoms with Gasteiger partial charge in [-0.05, 0) is 37.3 Å². The zero-order valence-electron chi connectivity index (χ0n) is 16.5. The van der Waals surface area contributed by atoms with E-state index in [2.05, 4.69) is 15.3 Å². The Morgan fingerprint density at radius 3 is 2.43 bits per heavy atom. The average molecular weight is 428 g/mol. The molecule has 7 nitrogen and oxygen atoms in total. The quantitative estimate of drug-likeness (QED) is 0.629. The van der Waals surface area contributed by atoms with Crippen LogP contribution < -0.4 is 10.2 Å². The van der Waals surface area contributed by atoms with Crippen molar-refractivity contribution in [2.45, 2.75) is 11.8 Å². The van der Waals surface area contributed by atoms with Crippen molar-refractivity contribution in [2.24, 2.45) is 0 Å². The van der Waals surface area contributed by atoms with Crippen molar-refractivity contribution < 1.29 is 13.2 Å². The predicted molar refractivity (Wildman–Crippen MR) is 114 cm³/mol. The Morgan fingerprint density at radius 1 is 1.03 bits per heavy atom. The number of nitrogens with one attached hydrogen (secondary N) is 1. The van der Waals surface area contributed by atoms with Crippen LogP contribution in [0.5, 0.6) is 0 Å². The first kappa shape index (κ1) is 20.4. The highest BCUT2D eigenvalue weighted by molar-refractivity contribution is 7.95. The molecule has 0 saturated carbocycles. The first-order valence-electron chi connectivity index (χ1n) is 9.60. The van der Waals surface area contributed by atoms with E-state index in [1.54, 1.807) is 54.7 Å². The predicted octanol–water partition coefficient (Wildman–Crippen LogP) is 3.39. The maximum Gasteiger partial charge on any atom is 0.227 e. The van der Waals surface area contributed by atoms with Crippen LogP contribution in [0.3, 0.4) is 0 Å². The number of piperazine rings is 1. The van der Waals surface area contributed by atoms with Crippen LogP contribution in [0.4, 0.5) is 21.8 Å². The smallest absolute Gasteiger partial charge is 0.227 e. The minimum atomic E-state index is -3.53. The standard InChI is InChI=1S/C21H22FN5O2S/c1-16-6-8-17(9-7-16)30(28,29)27-14-12-26(13-15-27)21-23-11-10-20(25-21)24-19-5-3-2-4-18(19)22/h2-11H,12-15H2,1H3,(H-,23,24,25,28,29). The van der Waals surface area contributed by atoms with E-state index in [1.807, 2.05) is 11.8 Å². The summed E-state index contributed by atoms with van der Waals surface area (Å²) in [6.07, 6.45) is 1.60. The van der Waals surface area contributed by atoms with Crippen molar-refractivity contribution in [3.05, 3.63) is 72.2 Å². The van der Waals surface area contributed by atoms with Gasteiger partial charge in [0.25, 0.3) is 0 Å². The number of benzene rings is 2. The average Bonchev–Trinajstić information content (AvgIpc) is 2.76. The Morgan fingerprint density at radius 2 is 1.73 bits per heavy atom. The summed E-state index contributed by atoms with van der Waals surface area (Å²) in [6, 6.07) is 14.9. The van der Waals surface area contributed by atoms with Crippen LogP contribution in [-0.2, 0) is 14.6 Å². The molecule has 30 heavy (non-hydrogen) atoms. The Hall–Kier alpha value is -2.88. The van der Waals surface area contributed by atoms with Crippen molar-refractivity contribution in [1.29, 1.82) is 0 Å². The van der Waals surface area contributed by atoms with Gasteiger partial charge < -0.3 is 14.8 Å². The lowest BCUT2D eigenvalue weighted by molar-refractivity contribution is 0.337. The number of para-hydroxylation sites is 1. The van der Waals surface area contributed by atoms with Crippen molar-refractivity contribution >= 4 is 27.9 Å². The third-order valence-corrected chi connectivity index (χ3v) is 6.87. The Bertz CT molecular complexity index is 1070. The molecule has 4 rings (SSSR count). The van der Waals surface area contributed by atoms with Gasteiger partial charge in [0.1, 0.15) is 11.6 Å². The molecule has 9 heteroatoms. The van der Waals surface area contributed by atoms with Crippen LogP contribution in [0.1, 0.15) is 5.56 Å². The molecule has 1 fully saturated rings. The number of halogens is 1. The molecule has 1 aliphatic rings. The minimum Gasteiger partial charge on any atom is -0.593 e. The van der Waals surface area contributed by atoms with Gasteiger partial charge in [-0.3, -0.25) is 0 Å². The fraction of sp³-hybridized carbons (Fsp3) is 0.238. The van der Waals surface area contributed by atoms with Crippen molar-refractivity contribution in [3.8, 4) is 0 Å². The zero-order chi connectivity index (χ0) is 21.1. The molecule has 2 heterocycles. The second kappa shape index (κ2) is 8.47. The van der Waals surface area contributed by atoms with Crippen LogP contribution in [0.2, 0.25) is 0 Å². The second-order valence-corrected chi connectivity index (χ2v) is 8.99. The number of aromatic nitrogens is 2. The van der Waals surface area contributed by atoms with Crippen LogP contribution in [0, 0.1) is 12.7 Å². The number of anilines is 3. The SMILES string of the molecule is Cc1ccc([S+](=O)([O-])N2CCN(c3nccc(Nc4ccccc4F)n3)CC2)cc1. The number of nitrogens with zero attached hydrogens (tertiary/aromatic N) is 4. The van der Waals surface area contributed by atoms with Crippen molar-refractivity contribution in [2.75, 3.05) is 36.4 Å². The molecule has 1 N–H and O–H groups in total. The third-order valence-electron chi connectivity index (χ3n) is 4.96. The molecule has 0 spiro atoms. The number of aryl methyl sites for hydroxylation is 1. The highest BCUT2D eigenvalue weighted by Crippen LogP contribution is 2.25. The van der Waals surface area contributed by atoms with Gasteiger partial charge in [-0.15, -0.1) is 4.31 Å². The topological polar surface area (TPSA) is 84.4 Å². The molecule has 0 radical (unpaired) electrons. The van der Waals surface area contributed by atoms with E-state index >= 15 is 0 Å². The van der Waals surface area contributed by atoms with Gasteiger partial charge in [-0.2, -0.15) is 4.98 Å². The molecule has 156 valence electrons. The Labute approximate surface area is 176 Å². The van der Waals surface area contributed by atoms with E-state index in [4.69, 9.17) is 0 Å². The molecular weight excluding hydrogens is 405 g/mol. The highest BCUT2D eigenvalue weighted by Gasteiger charge is 2.33. The molecule has 1 aliphatic heterocycles. The van der Waals surface area contributed by atoms with E-state index in [1.165, 1.54) is 10.4 Å². The van der Waals surface area contributed by atoms with Gasteiger partial charge >= 0.3 is 0 Å². The molecule has 1 aromatic heterocycles. The fourth-order valence-corrected chi connectivity index (χ4v) is 4.68. The molecule has 1 atom stereocenters. The summed E-state index contributed by atoms with van der Waals surface area (Å²) in [7, 11) is -3.53. The number of rotatable bonds is 5. The summed E-state index contributed by atoms with van der Waals surface area (Å²) in [4.78, 5) is 11.0. The maximum atomic E-state index is 13.9. The molecule has 2 aromatic carbocycles. The molecule has 0 bridgehead atoms. The first-order valence-corrected chi connectivity index (χ1v) is 11.0. The van der Waals surface area contributed by atoms with Gasteiger partial charge in [-0.25, -0.2) is 9.37 Å². The Balaban J connectivity index is 1.43. The van der Waals surface area contributed by atoms with Gasteiger partial charge in [0.15, 0.2) is 15.3 Å². The first-order chi connectivity index (χ1) is 14.4. The van der Waals surface area contributed by atoms with E-state index in [-0.39, 0.29) is 5.82 Å². The van der Waals surface area contributed by atoms with E-state index in [0.29, 0.717) is 48.5 Å².